The highest BCUT2D eigenvalue weighted by atomic mass is 16.6. The summed E-state index contributed by atoms with van der Waals surface area (Å²) >= 11 is 0. The minimum atomic E-state index is -0.981. The fraction of sp³-hybridized carbons (Fsp3) is 0.846. The van der Waals surface area contributed by atoms with Gasteiger partial charge in [0.2, 0.25) is 0 Å². The van der Waals surface area contributed by atoms with E-state index < -0.39 is 6.10 Å². The van der Waals surface area contributed by atoms with E-state index in [0.717, 1.165) is 77.0 Å². The Morgan fingerprint density at radius 3 is 1.41 bits per heavy atom. The summed E-state index contributed by atoms with van der Waals surface area (Å²) in [6, 6.07) is 0. The van der Waals surface area contributed by atoms with Crippen molar-refractivity contribution < 1.29 is 33.6 Å². The van der Waals surface area contributed by atoms with Gasteiger partial charge in [0, 0.05) is 12.8 Å². The molecule has 0 aromatic heterocycles. The maximum Gasteiger partial charge on any atom is 0.305 e. The van der Waals surface area contributed by atoms with Gasteiger partial charge < -0.3 is 24.1 Å². The molecule has 0 aromatic rings. The van der Waals surface area contributed by atoms with Crippen molar-refractivity contribution in [3.63, 3.8) is 0 Å². The second-order valence-electron chi connectivity index (χ2n) is 13.5. The molecule has 2 saturated heterocycles. The topological polar surface area (TPSA) is 97.9 Å². The van der Waals surface area contributed by atoms with E-state index in [1.807, 2.05) is 0 Å². The lowest BCUT2D eigenvalue weighted by Crippen LogP contribution is -2.25. The van der Waals surface area contributed by atoms with Crippen LogP contribution >= 0.6 is 0 Å². The number of epoxide rings is 2. The second kappa shape index (κ2) is 27.3. The number of aliphatic hydroxyl groups is 1. The van der Waals surface area contributed by atoms with Gasteiger partial charge in [-0.2, -0.15) is 0 Å². The Labute approximate surface area is 281 Å². The maximum atomic E-state index is 12.0. The molecule has 2 aliphatic heterocycles. The van der Waals surface area contributed by atoms with Crippen molar-refractivity contribution in [2.24, 2.45) is 0 Å². The van der Waals surface area contributed by atoms with Gasteiger partial charge in [-0.3, -0.25) is 9.59 Å². The van der Waals surface area contributed by atoms with Crippen LogP contribution in [0.15, 0.2) is 24.3 Å². The van der Waals surface area contributed by atoms with Gasteiger partial charge >= 0.3 is 11.9 Å². The number of hydrogen-bond donors (Lipinski definition) is 1. The van der Waals surface area contributed by atoms with Crippen LogP contribution in [0.25, 0.3) is 0 Å². The van der Waals surface area contributed by atoms with E-state index >= 15 is 0 Å². The first-order valence-corrected chi connectivity index (χ1v) is 19.1. The van der Waals surface area contributed by atoms with E-state index in [1.54, 1.807) is 0 Å². The molecule has 0 spiro atoms. The molecular weight excluding hydrogens is 580 g/mol. The zero-order valence-corrected chi connectivity index (χ0v) is 29.5. The van der Waals surface area contributed by atoms with Gasteiger partial charge in [0.25, 0.3) is 0 Å². The van der Waals surface area contributed by atoms with Gasteiger partial charge in [-0.15, -0.1) is 0 Å². The molecule has 2 fully saturated rings. The Hall–Kier alpha value is -1.70. The smallest absolute Gasteiger partial charge is 0.305 e. The molecule has 1 unspecified atom stereocenters. The van der Waals surface area contributed by atoms with E-state index in [4.69, 9.17) is 18.9 Å². The lowest BCUT2D eigenvalue weighted by molar-refractivity contribution is -0.152. The minimum Gasteiger partial charge on any atom is -0.463 e. The Bertz CT molecular complexity index is 759. The number of hydrogen-bond acceptors (Lipinski definition) is 7. The van der Waals surface area contributed by atoms with Crippen LogP contribution in [0.4, 0.5) is 0 Å². The van der Waals surface area contributed by atoms with Crippen LogP contribution in [0.1, 0.15) is 168 Å². The SMILES string of the molecule is CCCCC[C@@H]1O[C@@H]1C/C=C\CCCCCCCC(=O)OCC(O)COC(=O)CCCCCCC/C=C/C[C@@H]1O[C@@H]1CCCCC. The third-order valence-electron chi connectivity index (χ3n) is 9.01. The minimum absolute atomic E-state index is 0.133. The first-order chi connectivity index (χ1) is 22.5. The highest BCUT2D eigenvalue weighted by Crippen LogP contribution is 2.31. The molecular formula is C39H68O7. The molecule has 0 aliphatic carbocycles. The Kier molecular flexibility index (Phi) is 24.0. The van der Waals surface area contributed by atoms with Gasteiger partial charge in [0.05, 0.1) is 24.4 Å². The van der Waals surface area contributed by atoms with E-state index in [2.05, 4.69) is 38.2 Å². The molecule has 1 N–H and O–H groups in total. The Morgan fingerprint density at radius 2 is 0.978 bits per heavy atom. The van der Waals surface area contributed by atoms with Crippen molar-refractivity contribution in [1.82, 2.24) is 0 Å². The fourth-order valence-corrected chi connectivity index (χ4v) is 5.86. The van der Waals surface area contributed by atoms with E-state index in [0.29, 0.717) is 37.3 Å². The molecule has 2 heterocycles. The monoisotopic (exact) mass is 648 g/mol. The van der Waals surface area contributed by atoms with Crippen LogP contribution in [0, 0.1) is 0 Å². The van der Waals surface area contributed by atoms with Gasteiger partial charge in [-0.25, -0.2) is 0 Å². The predicted molar refractivity (Wildman–Crippen MR) is 186 cm³/mol. The number of aliphatic hydroxyl groups excluding tert-OH is 1. The van der Waals surface area contributed by atoms with Crippen molar-refractivity contribution in [2.45, 2.75) is 198 Å². The predicted octanol–water partition coefficient (Wildman–Crippen LogP) is 9.48. The highest BCUT2D eigenvalue weighted by Gasteiger charge is 2.37. The summed E-state index contributed by atoms with van der Waals surface area (Å²) in [7, 11) is 0. The average molecular weight is 649 g/mol. The first kappa shape index (κ1) is 40.5. The largest absolute Gasteiger partial charge is 0.463 e. The van der Waals surface area contributed by atoms with E-state index in [1.165, 1.54) is 64.2 Å². The van der Waals surface area contributed by atoms with E-state index in [-0.39, 0.29) is 25.2 Å². The van der Waals surface area contributed by atoms with Crippen LogP contribution in [-0.2, 0) is 28.5 Å². The molecule has 2 aliphatic rings. The summed E-state index contributed by atoms with van der Waals surface area (Å²) in [4.78, 5) is 23.9. The van der Waals surface area contributed by atoms with Crippen molar-refractivity contribution in [1.29, 1.82) is 0 Å². The van der Waals surface area contributed by atoms with Gasteiger partial charge in [-0.1, -0.05) is 115 Å². The van der Waals surface area contributed by atoms with E-state index in [9.17, 15) is 14.7 Å². The molecule has 0 saturated carbocycles. The lowest BCUT2D eigenvalue weighted by Gasteiger charge is -2.12. The summed E-state index contributed by atoms with van der Waals surface area (Å²) in [6.45, 7) is 4.20. The molecule has 5 atom stereocenters. The third-order valence-corrected chi connectivity index (χ3v) is 9.01. The standard InChI is InChI=1S/C39H68O7/c1-3-5-19-25-34-36(45-34)27-21-15-11-7-9-13-17-23-29-38(41)43-31-33(40)32-44-39(42)30-24-18-14-10-8-12-16-22-28-37-35(46-37)26-20-6-4-2/h15-16,21-22,33-37,40H,3-14,17-20,23-32H2,1-2H3/b21-15-,22-16+/t33?,34-,35+,36+,37-/m0/s1. The Balaban J connectivity index is 1.28. The number of esters is 2. The molecule has 266 valence electrons. The molecule has 0 bridgehead atoms. The summed E-state index contributed by atoms with van der Waals surface area (Å²) in [6.07, 6.45) is 35.7. The quantitative estimate of drug-likeness (QED) is 0.0336. The Morgan fingerprint density at radius 1 is 0.565 bits per heavy atom. The molecule has 46 heavy (non-hydrogen) atoms. The molecule has 0 amide bonds. The summed E-state index contributed by atoms with van der Waals surface area (Å²) in [5, 5.41) is 10.0. The van der Waals surface area contributed by atoms with Gasteiger partial charge in [-0.05, 0) is 64.2 Å². The molecule has 7 heteroatoms. The number of ether oxygens (including phenoxy) is 4. The maximum absolute atomic E-state index is 12.0. The zero-order chi connectivity index (χ0) is 33.1. The van der Waals surface area contributed by atoms with Gasteiger partial charge in [0.1, 0.15) is 19.3 Å². The van der Waals surface area contributed by atoms with Crippen LogP contribution < -0.4 is 0 Å². The van der Waals surface area contributed by atoms with Crippen molar-refractivity contribution in [3.8, 4) is 0 Å². The summed E-state index contributed by atoms with van der Waals surface area (Å²) < 4.78 is 21.8. The van der Waals surface area contributed by atoms with Crippen LogP contribution in [0.2, 0.25) is 0 Å². The number of carbonyl (C=O) groups is 2. The molecule has 0 radical (unpaired) electrons. The second-order valence-corrected chi connectivity index (χ2v) is 13.5. The lowest BCUT2D eigenvalue weighted by atomic mass is 10.1. The molecule has 0 aromatic carbocycles. The number of carbonyl (C=O) groups excluding carboxylic acids is 2. The number of unbranched alkanes of at least 4 members (excludes halogenated alkanes) is 14. The van der Waals surface area contributed by atoms with Crippen LogP contribution in [0.5, 0.6) is 0 Å². The fourth-order valence-electron chi connectivity index (χ4n) is 5.86. The number of allylic oxidation sites excluding steroid dienone is 2. The van der Waals surface area contributed by atoms with Crippen LogP contribution in [-0.4, -0.2) is 60.8 Å². The third kappa shape index (κ3) is 22.8. The molecule has 7 nitrogen and oxygen atoms in total. The highest BCUT2D eigenvalue weighted by molar-refractivity contribution is 5.69. The van der Waals surface area contributed by atoms with Crippen molar-refractivity contribution in [3.05, 3.63) is 24.3 Å². The zero-order valence-electron chi connectivity index (χ0n) is 29.5. The first-order valence-electron chi connectivity index (χ1n) is 19.1. The summed E-state index contributed by atoms with van der Waals surface area (Å²) in [5.41, 5.74) is 0. The van der Waals surface area contributed by atoms with Gasteiger partial charge in [0.15, 0.2) is 0 Å². The molecule has 2 rings (SSSR count). The van der Waals surface area contributed by atoms with Crippen LogP contribution in [0.3, 0.4) is 0 Å². The van der Waals surface area contributed by atoms with Crippen molar-refractivity contribution >= 4 is 11.9 Å². The number of rotatable bonds is 32. The summed E-state index contributed by atoms with van der Waals surface area (Å²) in [5.74, 6) is -0.607. The average Bonchev–Trinajstić information content (AvgIpc) is 3.98. The van der Waals surface area contributed by atoms with Crippen molar-refractivity contribution in [2.75, 3.05) is 13.2 Å². The normalized spacial score (nSPS) is 21.2.